The Morgan fingerprint density at radius 2 is 1.83 bits per heavy atom. The molecule has 0 aliphatic carbocycles. The van der Waals surface area contributed by atoms with E-state index in [0.29, 0.717) is 28.2 Å². The Bertz CT molecular complexity index is 1040. The number of ether oxygens (including phenoxy) is 1. The third kappa shape index (κ3) is 4.67. The second kappa shape index (κ2) is 8.93. The van der Waals surface area contributed by atoms with Crippen LogP contribution in [0.15, 0.2) is 82.6 Å². The minimum atomic E-state index is -0.738. The Morgan fingerprint density at radius 1 is 1.03 bits per heavy atom. The first-order valence-electron chi connectivity index (χ1n) is 8.94. The van der Waals surface area contributed by atoms with Crippen LogP contribution in [-0.2, 0) is 0 Å². The summed E-state index contributed by atoms with van der Waals surface area (Å²) in [5.41, 5.74) is 0.892. The third-order valence-electron chi connectivity index (χ3n) is 4.05. The minimum Gasteiger partial charge on any atom is -0.491 e. The van der Waals surface area contributed by atoms with Crippen LogP contribution in [-0.4, -0.2) is 38.3 Å². The van der Waals surface area contributed by atoms with E-state index in [-0.39, 0.29) is 12.4 Å². The van der Waals surface area contributed by atoms with Gasteiger partial charge in [0.1, 0.15) is 18.2 Å². The van der Waals surface area contributed by atoms with Crippen molar-refractivity contribution in [3.8, 4) is 23.0 Å². The lowest BCUT2D eigenvalue weighted by molar-refractivity contribution is 0.126. The van der Waals surface area contributed by atoms with Gasteiger partial charge in [-0.25, -0.2) is 4.39 Å². The predicted octanol–water partition coefficient (Wildman–Crippen LogP) is 4.20. The predicted molar refractivity (Wildman–Crippen MR) is 108 cm³/mol. The number of rotatable bonds is 8. The molecule has 148 valence electrons. The van der Waals surface area contributed by atoms with Gasteiger partial charge in [-0.15, -0.1) is 10.2 Å². The number of thioether (sulfide) groups is 1. The van der Waals surface area contributed by atoms with E-state index in [1.54, 1.807) is 12.3 Å². The Morgan fingerprint density at radius 3 is 2.55 bits per heavy atom. The zero-order chi connectivity index (χ0) is 20.1. The highest BCUT2D eigenvalue weighted by Crippen LogP contribution is 2.28. The van der Waals surface area contributed by atoms with Crippen LogP contribution in [0.4, 0.5) is 4.39 Å². The van der Waals surface area contributed by atoms with Gasteiger partial charge in [-0.05, 0) is 48.5 Å². The molecule has 0 spiro atoms. The molecule has 0 aliphatic heterocycles. The highest BCUT2D eigenvalue weighted by Gasteiger charge is 2.19. The van der Waals surface area contributed by atoms with Gasteiger partial charge in [-0.1, -0.05) is 30.0 Å². The summed E-state index contributed by atoms with van der Waals surface area (Å²) in [5, 5.41) is 19.4. The van der Waals surface area contributed by atoms with Gasteiger partial charge in [0.2, 0.25) is 5.82 Å². The quantitative estimate of drug-likeness (QED) is 0.438. The topological polar surface area (TPSA) is 73.3 Å². The molecule has 0 radical (unpaired) electrons. The van der Waals surface area contributed by atoms with Crippen LogP contribution in [0.2, 0.25) is 0 Å². The number of nitrogens with zero attached hydrogens (tertiary/aromatic N) is 3. The molecular formula is C21H18FN3O3S. The van der Waals surface area contributed by atoms with Gasteiger partial charge in [0.05, 0.1) is 12.4 Å². The van der Waals surface area contributed by atoms with Gasteiger partial charge in [0.15, 0.2) is 10.9 Å². The molecule has 2 aromatic carbocycles. The van der Waals surface area contributed by atoms with Gasteiger partial charge < -0.3 is 14.3 Å². The first-order valence-corrected chi connectivity index (χ1v) is 9.93. The number of aromatic nitrogens is 3. The zero-order valence-corrected chi connectivity index (χ0v) is 16.1. The molecule has 4 rings (SSSR count). The van der Waals surface area contributed by atoms with Crippen molar-refractivity contribution in [3.05, 3.63) is 78.8 Å². The van der Waals surface area contributed by atoms with Crippen molar-refractivity contribution in [3.63, 3.8) is 0 Å². The van der Waals surface area contributed by atoms with Crippen LogP contribution in [0.3, 0.4) is 0 Å². The van der Waals surface area contributed by atoms with Gasteiger partial charge in [0.25, 0.3) is 0 Å². The summed E-state index contributed by atoms with van der Waals surface area (Å²) < 4.78 is 25.8. The van der Waals surface area contributed by atoms with Crippen LogP contribution in [0.25, 0.3) is 17.3 Å². The van der Waals surface area contributed by atoms with Crippen LogP contribution in [0.1, 0.15) is 0 Å². The molecule has 0 saturated heterocycles. The lowest BCUT2D eigenvalue weighted by Gasteiger charge is -2.13. The summed E-state index contributed by atoms with van der Waals surface area (Å²) in [7, 11) is 0. The summed E-state index contributed by atoms with van der Waals surface area (Å²) in [5.74, 6) is 1.71. The fraction of sp³-hybridized carbons (Fsp3) is 0.143. The molecule has 1 N–H and O–H groups in total. The summed E-state index contributed by atoms with van der Waals surface area (Å²) in [4.78, 5) is 0. The van der Waals surface area contributed by atoms with E-state index in [4.69, 9.17) is 9.15 Å². The van der Waals surface area contributed by atoms with Crippen molar-refractivity contribution in [1.29, 1.82) is 0 Å². The van der Waals surface area contributed by atoms with Gasteiger partial charge in [-0.3, -0.25) is 4.57 Å². The van der Waals surface area contributed by atoms with Crippen LogP contribution >= 0.6 is 11.8 Å². The fourth-order valence-electron chi connectivity index (χ4n) is 2.68. The van der Waals surface area contributed by atoms with Crippen molar-refractivity contribution < 1.29 is 18.7 Å². The first kappa shape index (κ1) is 19.2. The number of hydrogen-bond donors (Lipinski definition) is 1. The van der Waals surface area contributed by atoms with E-state index in [0.717, 1.165) is 5.69 Å². The molecule has 2 aromatic heterocycles. The molecule has 2 heterocycles. The molecule has 0 aliphatic rings. The summed E-state index contributed by atoms with van der Waals surface area (Å²) in [6, 6.07) is 19.0. The number of halogens is 1. The van der Waals surface area contributed by atoms with Crippen molar-refractivity contribution in [1.82, 2.24) is 14.8 Å². The smallest absolute Gasteiger partial charge is 0.205 e. The molecule has 0 bridgehead atoms. The monoisotopic (exact) mass is 411 g/mol. The maximum Gasteiger partial charge on any atom is 0.205 e. The van der Waals surface area contributed by atoms with Gasteiger partial charge in [0, 0.05) is 11.4 Å². The Labute approximate surface area is 171 Å². The normalized spacial score (nSPS) is 12.1. The van der Waals surface area contributed by atoms with E-state index in [9.17, 15) is 9.50 Å². The lowest BCUT2D eigenvalue weighted by Crippen LogP contribution is -2.20. The molecule has 29 heavy (non-hydrogen) atoms. The van der Waals surface area contributed by atoms with Crippen LogP contribution in [0, 0.1) is 5.82 Å². The molecule has 8 heteroatoms. The maximum absolute atomic E-state index is 12.9. The number of aliphatic hydroxyl groups excluding tert-OH is 1. The zero-order valence-electron chi connectivity index (χ0n) is 15.3. The second-order valence-electron chi connectivity index (χ2n) is 6.18. The SMILES string of the molecule is O[C@@H](COc1ccc(F)cc1)CSc1nnc(-c2ccco2)n1-c1ccccc1. The number of benzene rings is 2. The Kier molecular flexibility index (Phi) is 5.92. The minimum absolute atomic E-state index is 0.0865. The number of para-hydroxylation sites is 1. The molecule has 1 atom stereocenters. The second-order valence-corrected chi connectivity index (χ2v) is 7.17. The summed E-state index contributed by atoms with van der Waals surface area (Å²) in [6.07, 6.45) is 0.848. The maximum atomic E-state index is 12.9. The molecular weight excluding hydrogens is 393 g/mol. The van der Waals surface area contributed by atoms with Crippen LogP contribution < -0.4 is 4.74 Å². The van der Waals surface area contributed by atoms with Crippen LogP contribution in [0.5, 0.6) is 5.75 Å². The van der Waals surface area contributed by atoms with Crippen molar-refractivity contribution in [2.75, 3.05) is 12.4 Å². The van der Waals surface area contributed by atoms with E-state index in [1.807, 2.05) is 41.0 Å². The highest BCUT2D eigenvalue weighted by atomic mass is 32.2. The molecule has 0 saturated carbocycles. The van der Waals surface area contributed by atoms with E-state index in [1.165, 1.54) is 36.0 Å². The standard InChI is InChI=1S/C21H18FN3O3S/c22-15-8-10-18(11-9-15)28-13-17(26)14-29-21-24-23-20(19-7-4-12-27-19)25(21)16-5-2-1-3-6-16/h1-12,17,26H,13-14H2/t17-/m0/s1. The van der Waals surface area contributed by atoms with E-state index < -0.39 is 6.10 Å². The summed E-state index contributed by atoms with van der Waals surface area (Å²) in [6.45, 7) is 0.0865. The average Bonchev–Trinajstić information content (AvgIpc) is 3.42. The highest BCUT2D eigenvalue weighted by molar-refractivity contribution is 7.99. The molecule has 0 amide bonds. The van der Waals surface area contributed by atoms with Crippen molar-refractivity contribution >= 4 is 11.8 Å². The van der Waals surface area contributed by atoms with Crippen molar-refractivity contribution in [2.45, 2.75) is 11.3 Å². The molecule has 0 fully saturated rings. The van der Waals surface area contributed by atoms with E-state index in [2.05, 4.69) is 10.2 Å². The largest absolute Gasteiger partial charge is 0.491 e. The number of hydrogen-bond acceptors (Lipinski definition) is 6. The first-order chi connectivity index (χ1) is 14.2. The average molecular weight is 411 g/mol. The Balaban J connectivity index is 1.46. The number of aliphatic hydroxyl groups is 1. The fourth-order valence-corrected chi connectivity index (χ4v) is 3.54. The third-order valence-corrected chi connectivity index (χ3v) is 5.12. The molecule has 0 unspecified atom stereocenters. The number of furan rings is 1. The molecule has 4 aromatic rings. The van der Waals surface area contributed by atoms with Gasteiger partial charge >= 0.3 is 0 Å². The molecule has 6 nitrogen and oxygen atoms in total. The van der Waals surface area contributed by atoms with Crippen molar-refractivity contribution in [2.24, 2.45) is 0 Å². The van der Waals surface area contributed by atoms with E-state index >= 15 is 0 Å². The van der Waals surface area contributed by atoms with Gasteiger partial charge in [-0.2, -0.15) is 0 Å². The Hall–Kier alpha value is -3.10. The lowest BCUT2D eigenvalue weighted by atomic mass is 10.3. The summed E-state index contributed by atoms with van der Waals surface area (Å²) >= 11 is 1.36.